The summed E-state index contributed by atoms with van der Waals surface area (Å²) in [6.45, 7) is 8.82. The average molecular weight is 240 g/mol. The maximum Gasteiger partial charge on any atom is 0.221 e. The molecule has 0 aliphatic rings. The molecule has 1 amide bonds. The molecule has 1 aromatic heterocycles. The largest absolute Gasteiger partial charge is 0.369 e. The quantitative estimate of drug-likeness (QED) is 0.828. The number of carbonyl (C=O) groups excluding carboxylic acids is 1. The average Bonchev–Trinajstić information content (AvgIpc) is 2.53. The highest BCUT2D eigenvalue weighted by Crippen LogP contribution is 2.26. The summed E-state index contributed by atoms with van der Waals surface area (Å²) >= 11 is 1.81. The fraction of sp³-hybridized carbons (Fsp3) is 0.583. The van der Waals surface area contributed by atoms with Gasteiger partial charge in [-0.1, -0.05) is 6.92 Å². The summed E-state index contributed by atoms with van der Waals surface area (Å²) < 4.78 is 0. The summed E-state index contributed by atoms with van der Waals surface area (Å²) in [4.78, 5) is 13.6. The summed E-state index contributed by atoms with van der Waals surface area (Å²) in [5, 5.41) is 3.34. The van der Waals surface area contributed by atoms with E-state index in [-0.39, 0.29) is 17.9 Å². The molecule has 2 atom stereocenters. The first-order valence-corrected chi connectivity index (χ1v) is 6.33. The van der Waals surface area contributed by atoms with Gasteiger partial charge in [-0.3, -0.25) is 4.79 Å². The van der Waals surface area contributed by atoms with Crippen LogP contribution in [-0.4, -0.2) is 12.5 Å². The van der Waals surface area contributed by atoms with Gasteiger partial charge in [-0.25, -0.2) is 0 Å². The van der Waals surface area contributed by atoms with Crippen LogP contribution in [0.2, 0.25) is 0 Å². The molecule has 0 spiro atoms. The van der Waals surface area contributed by atoms with Gasteiger partial charge in [0.1, 0.15) is 0 Å². The third-order valence-electron chi connectivity index (χ3n) is 2.76. The molecule has 0 radical (unpaired) electrons. The Morgan fingerprint density at radius 1 is 1.50 bits per heavy atom. The Kier molecular flexibility index (Phi) is 4.50. The van der Waals surface area contributed by atoms with Crippen LogP contribution in [0.15, 0.2) is 6.07 Å². The molecular weight excluding hydrogens is 220 g/mol. The van der Waals surface area contributed by atoms with E-state index in [1.54, 1.807) is 11.3 Å². The Morgan fingerprint density at radius 3 is 2.56 bits per heavy atom. The van der Waals surface area contributed by atoms with E-state index in [2.05, 4.69) is 32.2 Å². The molecule has 0 saturated heterocycles. The molecule has 0 fully saturated rings. The zero-order valence-electron chi connectivity index (χ0n) is 10.3. The fourth-order valence-corrected chi connectivity index (χ4v) is 2.67. The standard InChI is InChI=1S/C12H20N2OS/c1-7(12(13)15)6-14-9(3)11-5-8(2)16-10(11)4/h5,7,9,14H,6H2,1-4H3,(H2,13,15). The predicted octanol–water partition coefficient (Wildman–Crippen LogP) is 2.14. The summed E-state index contributed by atoms with van der Waals surface area (Å²) in [6.07, 6.45) is 0. The van der Waals surface area contributed by atoms with Crippen molar-refractivity contribution in [3.8, 4) is 0 Å². The molecule has 16 heavy (non-hydrogen) atoms. The van der Waals surface area contributed by atoms with E-state index in [0.717, 1.165) is 0 Å². The molecule has 90 valence electrons. The third-order valence-corrected chi connectivity index (χ3v) is 3.74. The minimum absolute atomic E-state index is 0.123. The van der Waals surface area contributed by atoms with Crippen LogP contribution in [0.5, 0.6) is 0 Å². The minimum atomic E-state index is -0.252. The minimum Gasteiger partial charge on any atom is -0.369 e. The highest BCUT2D eigenvalue weighted by atomic mass is 32.1. The maximum atomic E-state index is 10.9. The lowest BCUT2D eigenvalue weighted by Gasteiger charge is -2.16. The van der Waals surface area contributed by atoms with Crippen LogP contribution in [0, 0.1) is 19.8 Å². The molecule has 1 aromatic rings. The first-order valence-electron chi connectivity index (χ1n) is 5.51. The summed E-state index contributed by atoms with van der Waals surface area (Å²) in [6, 6.07) is 2.47. The van der Waals surface area contributed by atoms with E-state index in [1.807, 2.05) is 6.92 Å². The highest BCUT2D eigenvalue weighted by Gasteiger charge is 2.13. The lowest BCUT2D eigenvalue weighted by molar-refractivity contribution is -0.121. The van der Waals surface area contributed by atoms with Crippen molar-refractivity contribution in [2.45, 2.75) is 33.7 Å². The number of primary amides is 1. The number of rotatable bonds is 5. The van der Waals surface area contributed by atoms with Crippen LogP contribution < -0.4 is 11.1 Å². The SMILES string of the molecule is Cc1cc(C(C)NCC(C)C(N)=O)c(C)s1. The Hall–Kier alpha value is -0.870. The Balaban J connectivity index is 2.56. The van der Waals surface area contributed by atoms with E-state index < -0.39 is 0 Å². The number of nitrogens with one attached hydrogen (secondary N) is 1. The van der Waals surface area contributed by atoms with Crippen molar-refractivity contribution in [2.24, 2.45) is 11.7 Å². The van der Waals surface area contributed by atoms with Gasteiger partial charge >= 0.3 is 0 Å². The van der Waals surface area contributed by atoms with Crippen molar-refractivity contribution in [2.75, 3.05) is 6.54 Å². The van der Waals surface area contributed by atoms with E-state index >= 15 is 0 Å². The summed E-state index contributed by atoms with van der Waals surface area (Å²) in [5.74, 6) is -0.375. The molecular formula is C12H20N2OS. The van der Waals surface area contributed by atoms with E-state index in [9.17, 15) is 4.79 Å². The topological polar surface area (TPSA) is 55.1 Å². The molecule has 0 bridgehead atoms. The number of nitrogens with two attached hydrogens (primary N) is 1. The fourth-order valence-electron chi connectivity index (χ4n) is 1.64. The maximum absolute atomic E-state index is 10.9. The van der Waals surface area contributed by atoms with Crippen LogP contribution in [-0.2, 0) is 4.79 Å². The van der Waals surface area contributed by atoms with Crippen molar-refractivity contribution >= 4 is 17.2 Å². The van der Waals surface area contributed by atoms with Crippen molar-refractivity contribution < 1.29 is 4.79 Å². The zero-order chi connectivity index (χ0) is 12.3. The lowest BCUT2D eigenvalue weighted by atomic mass is 10.1. The normalized spacial score (nSPS) is 14.8. The number of amides is 1. The highest BCUT2D eigenvalue weighted by molar-refractivity contribution is 7.12. The van der Waals surface area contributed by atoms with Crippen molar-refractivity contribution in [1.82, 2.24) is 5.32 Å². The molecule has 0 saturated carbocycles. The second-order valence-electron chi connectivity index (χ2n) is 4.30. The Labute approximate surface area is 101 Å². The van der Waals surface area contributed by atoms with Gasteiger partial charge in [0.15, 0.2) is 0 Å². The van der Waals surface area contributed by atoms with Gasteiger partial charge in [0, 0.05) is 28.3 Å². The molecule has 3 nitrogen and oxygen atoms in total. The van der Waals surface area contributed by atoms with E-state index in [4.69, 9.17) is 5.73 Å². The Bertz CT molecular complexity index is 373. The van der Waals surface area contributed by atoms with Crippen LogP contribution in [0.1, 0.15) is 35.2 Å². The lowest BCUT2D eigenvalue weighted by Crippen LogP contribution is -2.32. The molecule has 1 rings (SSSR count). The first-order chi connectivity index (χ1) is 7.41. The van der Waals surface area contributed by atoms with Crippen molar-refractivity contribution in [3.63, 3.8) is 0 Å². The second kappa shape index (κ2) is 5.46. The number of carbonyl (C=O) groups is 1. The van der Waals surface area contributed by atoms with Gasteiger partial charge in [-0.2, -0.15) is 0 Å². The van der Waals surface area contributed by atoms with Crippen LogP contribution >= 0.6 is 11.3 Å². The van der Waals surface area contributed by atoms with Gasteiger partial charge in [0.05, 0.1) is 0 Å². The second-order valence-corrected chi connectivity index (χ2v) is 5.76. The van der Waals surface area contributed by atoms with Crippen LogP contribution in [0.25, 0.3) is 0 Å². The van der Waals surface area contributed by atoms with Crippen molar-refractivity contribution in [3.05, 3.63) is 21.4 Å². The predicted molar refractivity (Wildman–Crippen MR) is 68.6 cm³/mol. The van der Waals surface area contributed by atoms with Gasteiger partial charge in [-0.15, -0.1) is 11.3 Å². The monoisotopic (exact) mass is 240 g/mol. The van der Waals surface area contributed by atoms with Gasteiger partial charge in [0.25, 0.3) is 0 Å². The van der Waals surface area contributed by atoms with Gasteiger partial charge in [-0.05, 0) is 32.4 Å². The molecule has 0 aliphatic heterocycles. The Morgan fingerprint density at radius 2 is 2.12 bits per heavy atom. The molecule has 2 unspecified atom stereocenters. The number of thiophene rings is 1. The van der Waals surface area contributed by atoms with Gasteiger partial charge in [0.2, 0.25) is 5.91 Å². The number of aryl methyl sites for hydroxylation is 2. The molecule has 0 aromatic carbocycles. The zero-order valence-corrected chi connectivity index (χ0v) is 11.1. The van der Waals surface area contributed by atoms with Crippen LogP contribution in [0.3, 0.4) is 0 Å². The smallest absolute Gasteiger partial charge is 0.221 e. The van der Waals surface area contributed by atoms with E-state index in [1.165, 1.54) is 15.3 Å². The van der Waals surface area contributed by atoms with Crippen LogP contribution in [0.4, 0.5) is 0 Å². The van der Waals surface area contributed by atoms with Crippen molar-refractivity contribution in [1.29, 1.82) is 0 Å². The van der Waals surface area contributed by atoms with E-state index in [0.29, 0.717) is 6.54 Å². The van der Waals surface area contributed by atoms with Gasteiger partial charge < -0.3 is 11.1 Å². The molecule has 0 aliphatic carbocycles. The number of hydrogen-bond donors (Lipinski definition) is 2. The summed E-state index contributed by atoms with van der Waals surface area (Å²) in [5.41, 5.74) is 6.54. The molecule has 3 N–H and O–H groups in total. The first kappa shape index (κ1) is 13.2. The molecule has 1 heterocycles. The number of hydrogen-bond acceptors (Lipinski definition) is 3. The molecule has 4 heteroatoms. The third kappa shape index (κ3) is 3.32. The summed E-state index contributed by atoms with van der Waals surface area (Å²) in [7, 11) is 0.